The van der Waals surface area contributed by atoms with E-state index < -0.39 is 5.97 Å². The molecule has 0 fully saturated rings. The van der Waals surface area contributed by atoms with E-state index in [1.165, 1.54) is 109 Å². The van der Waals surface area contributed by atoms with Crippen molar-refractivity contribution in [3.05, 3.63) is 0 Å². The Balaban J connectivity index is 0. The monoisotopic (exact) mass is 488 g/mol. The van der Waals surface area contributed by atoms with E-state index in [9.17, 15) is 9.36 Å². The first kappa shape index (κ1) is 34.6. The van der Waals surface area contributed by atoms with Crippen molar-refractivity contribution >= 4 is 13.9 Å². The van der Waals surface area contributed by atoms with Crippen LogP contribution in [0, 0.1) is 5.75 Å². The number of hydrogen-bond acceptors (Lipinski definition) is 3. The zero-order valence-electron chi connectivity index (χ0n) is 22.2. The Hall–Kier alpha value is -0.600. The van der Waals surface area contributed by atoms with E-state index in [2.05, 4.69) is 12.7 Å². The number of carboxylic acids is 1. The van der Waals surface area contributed by atoms with Gasteiger partial charge in [-0.25, -0.2) is 0 Å². The van der Waals surface area contributed by atoms with E-state index in [-0.39, 0.29) is 14.5 Å². The zero-order valence-corrected chi connectivity index (χ0v) is 23.1. The van der Waals surface area contributed by atoms with Crippen molar-refractivity contribution in [1.82, 2.24) is 0 Å². The van der Waals surface area contributed by atoms with Crippen molar-refractivity contribution in [2.45, 2.75) is 135 Å². The summed E-state index contributed by atoms with van der Waals surface area (Å²) in [7, 11) is 3.54. The molecule has 0 unspecified atom stereocenters. The second-order valence-electron chi connectivity index (χ2n) is 9.83. The van der Waals surface area contributed by atoms with Gasteiger partial charge in [-0.05, 0) is 6.42 Å². The summed E-state index contributed by atoms with van der Waals surface area (Å²) in [6.07, 6.45) is 26.1. The molecule has 5 nitrogen and oxygen atoms in total. The van der Waals surface area contributed by atoms with E-state index in [1.807, 2.05) is 14.1 Å². The van der Waals surface area contributed by atoms with Crippen LogP contribution >= 0.6 is 7.92 Å². The molecule has 0 aliphatic carbocycles. The molecule has 0 aromatic rings. The molecular weight excluding hydrogens is 433 g/mol. The number of rotatable bonds is 22. The molecule has 0 aromatic carbocycles. The molecule has 0 heterocycles. The number of aliphatic hydroxyl groups is 1. The normalized spacial score (nSPS) is 10.9. The minimum atomic E-state index is -0.651. The van der Waals surface area contributed by atoms with Crippen LogP contribution in [0.5, 0.6) is 0 Å². The molecule has 6 heteroatoms. The molecule has 0 saturated heterocycles. The molecule has 2 N–H and O–H groups in total. The summed E-state index contributed by atoms with van der Waals surface area (Å²) in [4.78, 5) is 10.4. The van der Waals surface area contributed by atoms with E-state index in [0.29, 0.717) is 17.4 Å². The third-order valence-corrected chi connectivity index (χ3v) is 6.59. The number of aliphatic carboxylic acids is 1. The first-order valence-electron chi connectivity index (χ1n) is 13.6. The van der Waals surface area contributed by atoms with Crippen LogP contribution in [-0.2, 0) is 9.36 Å². The van der Waals surface area contributed by atoms with Crippen molar-refractivity contribution in [2.24, 2.45) is 0 Å². The standard InChI is InChI=1S/C22H44O2.C5H11NO2P/c1-2-3-4-5-6-7-8-9-10-11-12-13-14-15-16-17-18-19-20-21-22(23)24;1-6(2,3-4-7)5-9-8/h2-21H2,1H3,(H,23,24);7H,3-4H2,1-2H3/q;+1. The molecule has 0 radical (unpaired) electrons. The molecule has 0 aliphatic heterocycles. The van der Waals surface area contributed by atoms with Gasteiger partial charge in [-0.1, -0.05) is 122 Å². The van der Waals surface area contributed by atoms with Gasteiger partial charge in [0.1, 0.15) is 0 Å². The van der Waals surface area contributed by atoms with Crippen LogP contribution in [0.4, 0.5) is 0 Å². The summed E-state index contributed by atoms with van der Waals surface area (Å²) in [5, 5.41) is 17.0. The fourth-order valence-electron chi connectivity index (χ4n) is 3.77. The number of quaternary nitrogens is 1. The Morgan fingerprint density at radius 1 is 0.697 bits per heavy atom. The molecular formula is C27H55NO4P+. The van der Waals surface area contributed by atoms with E-state index in [4.69, 9.17) is 10.2 Å². The summed E-state index contributed by atoms with van der Waals surface area (Å²) >= 11 is 0. The predicted octanol–water partition coefficient (Wildman–Crippen LogP) is 8.16. The molecule has 0 aromatic heterocycles. The van der Waals surface area contributed by atoms with Crippen LogP contribution in [0.1, 0.15) is 135 Å². The topological polar surface area (TPSA) is 74.6 Å². The van der Waals surface area contributed by atoms with Crippen molar-refractivity contribution in [1.29, 1.82) is 0 Å². The first-order chi connectivity index (χ1) is 15.9. The third-order valence-electron chi connectivity index (χ3n) is 5.96. The number of nitrogens with zero attached hydrogens (tertiary/aromatic N) is 1. The molecule has 196 valence electrons. The average molecular weight is 489 g/mol. The van der Waals surface area contributed by atoms with Gasteiger partial charge in [-0.15, -0.1) is 0 Å². The average Bonchev–Trinajstić information content (AvgIpc) is 2.75. The van der Waals surface area contributed by atoms with Gasteiger partial charge in [-0.3, -0.25) is 4.79 Å². The minimum absolute atomic E-state index is 0.0928. The van der Waals surface area contributed by atoms with Gasteiger partial charge in [0.15, 0.2) is 0 Å². The summed E-state index contributed by atoms with van der Waals surface area (Å²) in [6, 6.07) is 0. The molecule has 33 heavy (non-hydrogen) atoms. The second-order valence-corrected chi connectivity index (χ2v) is 10.2. The molecule has 0 spiro atoms. The van der Waals surface area contributed by atoms with Gasteiger partial charge in [0.25, 0.3) is 0 Å². The van der Waals surface area contributed by atoms with Crippen molar-refractivity contribution in [2.75, 3.05) is 27.2 Å². The van der Waals surface area contributed by atoms with Gasteiger partial charge in [-0.2, -0.15) is 0 Å². The molecule has 0 saturated carbocycles. The van der Waals surface area contributed by atoms with E-state index in [0.717, 1.165) is 12.8 Å². The van der Waals surface area contributed by atoms with Gasteiger partial charge in [0.05, 0.1) is 0 Å². The van der Waals surface area contributed by atoms with Gasteiger partial charge < -0.3 is 5.11 Å². The van der Waals surface area contributed by atoms with Crippen molar-refractivity contribution in [3.8, 4) is 5.75 Å². The van der Waals surface area contributed by atoms with E-state index in [1.54, 1.807) is 0 Å². The van der Waals surface area contributed by atoms with Gasteiger partial charge >= 0.3 is 61.0 Å². The van der Waals surface area contributed by atoms with Crippen LogP contribution in [0.15, 0.2) is 0 Å². The maximum absolute atomic E-state index is 10.4. The van der Waals surface area contributed by atoms with Crippen LogP contribution in [0.2, 0.25) is 0 Å². The summed E-state index contributed by atoms with van der Waals surface area (Å²) < 4.78 is 10.3. The Morgan fingerprint density at radius 3 is 1.30 bits per heavy atom. The molecule has 0 bridgehead atoms. The Morgan fingerprint density at radius 2 is 1.03 bits per heavy atom. The van der Waals surface area contributed by atoms with Crippen molar-refractivity contribution in [3.63, 3.8) is 0 Å². The number of hydrogen-bond donors (Lipinski definition) is 2. The third kappa shape index (κ3) is 33.7. The number of aliphatic hydroxyl groups excluding tert-OH is 1. The summed E-state index contributed by atoms with van der Waals surface area (Å²) in [5.74, 6) is 1.97. The van der Waals surface area contributed by atoms with Crippen molar-refractivity contribution < 1.29 is 24.1 Å². The maximum atomic E-state index is 10.4. The quantitative estimate of drug-likeness (QED) is 0.0915. The van der Waals surface area contributed by atoms with Crippen LogP contribution in [-0.4, -0.2) is 47.9 Å². The van der Waals surface area contributed by atoms with Gasteiger partial charge in [0, 0.05) is 6.42 Å². The predicted molar refractivity (Wildman–Crippen MR) is 141 cm³/mol. The molecule has 0 amide bonds. The summed E-state index contributed by atoms with van der Waals surface area (Å²) in [5.41, 5.74) is 0. The number of carboxylic acid groups (broad SMARTS) is 1. The fourth-order valence-corrected chi connectivity index (χ4v) is 4.09. The van der Waals surface area contributed by atoms with Gasteiger partial charge in [0.2, 0.25) is 0 Å². The Bertz CT molecular complexity index is 519. The Kier molecular flexibility index (Phi) is 29.0. The van der Waals surface area contributed by atoms with Crippen LogP contribution in [0.25, 0.3) is 0 Å². The SMILES string of the molecule is CCCCCCCCCCCCCCCCCCCCCC(=O)O.C[N+](C)(C#P=O)CCO. The molecule has 0 rings (SSSR count). The zero-order chi connectivity index (χ0) is 25.0. The van der Waals surface area contributed by atoms with Crippen LogP contribution in [0.3, 0.4) is 0 Å². The van der Waals surface area contributed by atoms with E-state index >= 15 is 0 Å². The fraction of sp³-hybridized carbons (Fsp3) is 0.926. The molecule has 0 aliphatic rings. The second kappa shape index (κ2) is 27.6. The molecule has 0 atom stereocenters. The number of likely N-dealkylation sites (N-methyl/N-ethyl adjacent to an activating group) is 1. The number of carbonyl (C=O) groups is 1. The van der Waals surface area contributed by atoms with Crippen LogP contribution < -0.4 is 0 Å². The Labute approximate surface area is 206 Å². The first-order valence-corrected chi connectivity index (χ1v) is 14.5. The summed E-state index contributed by atoms with van der Waals surface area (Å²) in [6.45, 7) is 2.93. The number of unbranched alkanes of at least 4 members (excludes halogenated alkanes) is 18.